The van der Waals surface area contributed by atoms with Crippen LogP contribution >= 0.6 is 0 Å². The number of carboxylic acids is 1. The van der Waals surface area contributed by atoms with E-state index in [1.54, 1.807) is 13.8 Å². The molecule has 5 heteroatoms. The van der Waals surface area contributed by atoms with Crippen molar-refractivity contribution in [3.8, 4) is 0 Å². The van der Waals surface area contributed by atoms with Crippen molar-refractivity contribution in [3.63, 3.8) is 0 Å². The molecule has 71 valence electrons. The second kappa shape index (κ2) is 4.77. The number of ketones is 1. The SMILES string of the molecule is CC(=O)c1c(C)[nH]c(C(=O)O)c1C.[Na]. The molecule has 0 aliphatic rings. The summed E-state index contributed by atoms with van der Waals surface area (Å²) in [5, 5.41) is 8.74. The Morgan fingerprint density at radius 2 is 1.79 bits per heavy atom. The average Bonchev–Trinajstić information content (AvgIpc) is 2.26. The van der Waals surface area contributed by atoms with Crippen molar-refractivity contribution in [3.05, 3.63) is 22.5 Å². The zero-order chi connectivity index (χ0) is 10.2. The molecule has 1 aromatic rings. The minimum atomic E-state index is -1.03. The summed E-state index contributed by atoms with van der Waals surface area (Å²) in [6.07, 6.45) is 0. The van der Waals surface area contributed by atoms with Gasteiger partial charge in [0, 0.05) is 40.8 Å². The number of hydrogen-bond donors (Lipinski definition) is 2. The molecule has 0 spiro atoms. The number of aromatic amines is 1. The van der Waals surface area contributed by atoms with E-state index in [1.807, 2.05) is 0 Å². The Kier molecular flexibility index (Phi) is 4.58. The molecule has 0 atom stereocenters. The van der Waals surface area contributed by atoms with Gasteiger partial charge in [0.25, 0.3) is 0 Å². The molecule has 2 N–H and O–H groups in total. The maximum atomic E-state index is 11.1. The van der Waals surface area contributed by atoms with Crippen LogP contribution in [0.3, 0.4) is 0 Å². The van der Waals surface area contributed by atoms with Gasteiger partial charge in [-0.15, -0.1) is 0 Å². The summed E-state index contributed by atoms with van der Waals surface area (Å²) in [5.74, 6) is -1.15. The van der Waals surface area contributed by atoms with Gasteiger partial charge in [0.1, 0.15) is 5.69 Å². The zero-order valence-electron chi connectivity index (χ0n) is 8.76. The van der Waals surface area contributed by atoms with Crippen LogP contribution in [0.2, 0.25) is 0 Å². The topological polar surface area (TPSA) is 70.2 Å². The fourth-order valence-corrected chi connectivity index (χ4v) is 1.49. The van der Waals surface area contributed by atoms with Gasteiger partial charge < -0.3 is 10.1 Å². The first-order valence-electron chi connectivity index (χ1n) is 3.88. The summed E-state index contributed by atoms with van der Waals surface area (Å²) >= 11 is 0. The Morgan fingerprint density at radius 1 is 1.29 bits per heavy atom. The fourth-order valence-electron chi connectivity index (χ4n) is 1.49. The van der Waals surface area contributed by atoms with Gasteiger partial charge >= 0.3 is 5.97 Å². The number of aryl methyl sites for hydroxylation is 1. The Morgan fingerprint density at radius 3 is 2.00 bits per heavy atom. The summed E-state index contributed by atoms with van der Waals surface area (Å²) < 4.78 is 0. The van der Waals surface area contributed by atoms with Crippen LogP contribution in [-0.4, -0.2) is 51.4 Å². The second-order valence-electron chi connectivity index (χ2n) is 2.99. The quantitative estimate of drug-likeness (QED) is 0.560. The first kappa shape index (κ1) is 13.4. The molecule has 1 radical (unpaired) electrons. The Labute approximate surface area is 104 Å². The van der Waals surface area contributed by atoms with Crippen LogP contribution < -0.4 is 0 Å². The van der Waals surface area contributed by atoms with Crippen LogP contribution in [0.5, 0.6) is 0 Å². The summed E-state index contributed by atoms with van der Waals surface area (Å²) in [4.78, 5) is 24.5. The minimum Gasteiger partial charge on any atom is -0.477 e. The molecule has 4 nitrogen and oxygen atoms in total. The standard InChI is InChI=1S/C9H11NO3.Na/c1-4-7(6(3)11)5(2)10-8(4)9(12)13;/h10H,1-3H3,(H,12,13);. The van der Waals surface area contributed by atoms with E-state index in [1.165, 1.54) is 6.92 Å². The number of carbonyl (C=O) groups excluding carboxylic acids is 1. The number of rotatable bonds is 2. The van der Waals surface area contributed by atoms with Crippen molar-refractivity contribution < 1.29 is 14.7 Å². The number of carbonyl (C=O) groups is 2. The summed E-state index contributed by atoms with van der Waals surface area (Å²) in [5.41, 5.74) is 1.71. The van der Waals surface area contributed by atoms with E-state index in [0.717, 1.165) is 0 Å². The van der Waals surface area contributed by atoms with Crippen LogP contribution in [0.15, 0.2) is 0 Å². The van der Waals surface area contributed by atoms with E-state index in [9.17, 15) is 9.59 Å². The molecule has 0 amide bonds. The molecular formula is C9H11NNaO3. The summed E-state index contributed by atoms with van der Waals surface area (Å²) in [6, 6.07) is 0. The van der Waals surface area contributed by atoms with Crippen LogP contribution in [0.25, 0.3) is 0 Å². The third-order valence-electron chi connectivity index (χ3n) is 2.00. The van der Waals surface area contributed by atoms with E-state index in [-0.39, 0.29) is 41.0 Å². The van der Waals surface area contributed by atoms with Crippen molar-refractivity contribution in [2.24, 2.45) is 0 Å². The maximum absolute atomic E-state index is 11.1. The normalized spacial score (nSPS) is 9.36. The number of aromatic nitrogens is 1. The van der Waals surface area contributed by atoms with E-state index >= 15 is 0 Å². The van der Waals surface area contributed by atoms with Crippen molar-refractivity contribution in [1.29, 1.82) is 0 Å². The van der Waals surface area contributed by atoms with Gasteiger partial charge in [-0.05, 0) is 26.3 Å². The summed E-state index contributed by atoms with van der Waals surface area (Å²) in [7, 11) is 0. The number of H-pyrrole nitrogens is 1. The van der Waals surface area contributed by atoms with Gasteiger partial charge in [0.2, 0.25) is 0 Å². The summed E-state index contributed by atoms with van der Waals surface area (Å²) in [6.45, 7) is 4.74. The predicted octanol–water partition coefficient (Wildman–Crippen LogP) is 1.15. The zero-order valence-corrected chi connectivity index (χ0v) is 10.8. The van der Waals surface area contributed by atoms with Crippen molar-refractivity contribution in [2.45, 2.75) is 20.8 Å². The third kappa shape index (κ3) is 2.26. The van der Waals surface area contributed by atoms with Crippen molar-refractivity contribution in [1.82, 2.24) is 4.98 Å². The van der Waals surface area contributed by atoms with Gasteiger partial charge in [-0.3, -0.25) is 4.79 Å². The van der Waals surface area contributed by atoms with Crippen LogP contribution in [0.1, 0.15) is 39.0 Å². The van der Waals surface area contributed by atoms with Crippen LogP contribution in [0.4, 0.5) is 0 Å². The Bertz CT molecular complexity index is 382. The Balaban J connectivity index is 0.00000169. The molecule has 1 aromatic heterocycles. The maximum Gasteiger partial charge on any atom is 0.352 e. The van der Waals surface area contributed by atoms with E-state index in [0.29, 0.717) is 16.8 Å². The molecule has 0 unspecified atom stereocenters. The van der Waals surface area contributed by atoms with Gasteiger partial charge in [0.05, 0.1) is 0 Å². The molecule has 0 aliphatic heterocycles. The largest absolute Gasteiger partial charge is 0.477 e. The van der Waals surface area contributed by atoms with Crippen LogP contribution in [-0.2, 0) is 0 Å². The number of carboxylic acid groups (broad SMARTS) is 1. The molecule has 0 bridgehead atoms. The smallest absolute Gasteiger partial charge is 0.352 e. The molecule has 14 heavy (non-hydrogen) atoms. The average molecular weight is 204 g/mol. The molecular weight excluding hydrogens is 193 g/mol. The Hall–Kier alpha value is -0.580. The number of hydrogen-bond acceptors (Lipinski definition) is 2. The number of nitrogens with one attached hydrogen (secondary N) is 1. The minimum absolute atomic E-state index is 0. The molecule has 0 aliphatic carbocycles. The van der Waals surface area contributed by atoms with Gasteiger partial charge in [-0.1, -0.05) is 0 Å². The molecule has 0 saturated carbocycles. The number of aromatic carboxylic acids is 1. The fraction of sp³-hybridized carbons (Fsp3) is 0.333. The predicted molar refractivity (Wildman–Crippen MR) is 53.0 cm³/mol. The van der Waals surface area contributed by atoms with Crippen LogP contribution in [0, 0.1) is 13.8 Å². The first-order valence-corrected chi connectivity index (χ1v) is 3.88. The van der Waals surface area contributed by atoms with Gasteiger partial charge in [-0.2, -0.15) is 0 Å². The monoisotopic (exact) mass is 204 g/mol. The molecule has 0 fully saturated rings. The third-order valence-corrected chi connectivity index (χ3v) is 2.00. The molecule has 0 saturated heterocycles. The van der Waals surface area contributed by atoms with Crippen molar-refractivity contribution >= 4 is 41.3 Å². The van der Waals surface area contributed by atoms with Gasteiger partial charge in [-0.25, -0.2) is 4.79 Å². The van der Waals surface area contributed by atoms with E-state index in [2.05, 4.69) is 4.98 Å². The molecule has 1 rings (SSSR count). The molecule has 0 aromatic carbocycles. The second-order valence-corrected chi connectivity index (χ2v) is 2.99. The van der Waals surface area contributed by atoms with Gasteiger partial charge in [0.15, 0.2) is 5.78 Å². The van der Waals surface area contributed by atoms with Crippen molar-refractivity contribution in [2.75, 3.05) is 0 Å². The van der Waals surface area contributed by atoms with E-state index < -0.39 is 5.97 Å². The molecule has 1 heterocycles. The first-order chi connectivity index (χ1) is 5.95. The number of Topliss-reactive ketones (excluding diaryl/α,β-unsaturated/α-hetero) is 1. The van der Waals surface area contributed by atoms with E-state index in [4.69, 9.17) is 5.11 Å².